The second-order valence-electron chi connectivity index (χ2n) is 5.33. The fourth-order valence-electron chi connectivity index (χ4n) is 2.81. The quantitative estimate of drug-likeness (QED) is 0.824. The maximum atomic E-state index is 9.74. The molecule has 0 aliphatic carbocycles. The number of benzene rings is 2. The second kappa shape index (κ2) is 6.14. The standard InChI is InChI=1S/C17H18INO/c18-17-11-15(20)10-14-12-19(9-7-16(14)17)8-6-13-4-2-1-3-5-13/h1-5,10-11,20H,6-9,12H2. The van der Waals surface area contributed by atoms with E-state index in [0.717, 1.165) is 32.5 Å². The van der Waals surface area contributed by atoms with Gasteiger partial charge in [0.15, 0.2) is 0 Å². The van der Waals surface area contributed by atoms with Gasteiger partial charge in [0, 0.05) is 23.2 Å². The van der Waals surface area contributed by atoms with E-state index >= 15 is 0 Å². The molecule has 2 nitrogen and oxygen atoms in total. The van der Waals surface area contributed by atoms with E-state index in [4.69, 9.17) is 0 Å². The van der Waals surface area contributed by atoms with Crippen molar-refractivity contribution in [2.24, 2.45) is 0 Å². The Labute approximate surface area is 133 Å². The number of aromatic hydroxyl groups is 1. The Morgan fingerprint density at radius 3 is 2.75 bits per heavy atom. The van der Waals surface area contributed by atoms with E-state index in [-0.39, 0.29) is 0 Å². The molecule has 104 valence electrons. The first-order valence-electron chi connectivity index (χ1n) is 6.99. The Kier molecular flexibility index (Phi) is 4.27. The van der Waals surface area contributed by atoms with E-state index in [1.54, 1.807) is 0 Å². The minimum absolute atomic E-state index is 0.387. The van der Waals surface area contributed by atoms with E-state index < -0.39 is 0 Å². The minimum Gasteiger partial charge on any atom is -0.508 e. The number of rotatable bonds is 3. The van der Waals surface area contributed by atoms with Gasteiger partial charge in [-0.1, -0.05) is 30.3 Å². The average molecular weight is 379 g/mol. The number of fused-ring (bicyclic) bond motifs is 1. The Hall–Kier alpha value is -1.07. The summed E-state index contributed by atoms with van der Waals surface area (Å²) in [5.74, 6) is 0.387. The molecule has 2 aromatic carbocycles. The summed E-state index contributed by atoms with van der Waals surface area (Å²) >= 11 is 2.33. The van der Waals surface area contributed by atoms with Crippen molar-refractivity contribution in [1.29, 1.82) is 0 Å². The first kappa shape index (κ1) is 13.9. The number of phenols is 1. The summed E-state index contributed by atoms with van der Waals surface area (Å²) < 4.78 is 1.19. The summed E-state index contributed by atoms with van der Waals surface area (Å²) in [6, 6.07) is 14.4. The molecule has 0 saturated heterocycles. The van der Waals surface area contributed by atoms with Crippen molar-refractivity contribution in [3.8, 4) is 5.75 Å². The van der Waals surface area contributed by atoms with Gasteiger partial charge in [-0.2, -0.15) is 0 Å². The molecule has 1 N–H and O–H groups in total. The molecule has 1 heterocycles. The SMILES string of the molecule is Oc1cc(I)c2c(c1)CN(CCc1ccccc1)CC2. The van der Waals surface area contributed by atoms with E-state index in [2.05, 4.69) is 57.8 Å². The van der Waals surface area contributed by atoms with Crippen molar-refractivity contribution in [3.05, 3.63) is 62.7 Å². The first-order chi connectivity index (χ1) is 9.72. The first-order valence-corrected chi connectivity index (χ1v) is 8.07. The van der Waals surface area contributed by atoms with E-state index in [0.29, 0.717) is 5.75 Å². The molecule has 1 aliphatic heterocycles. The van der Waals surface area contributed by atoms with Gasteiger partial charge >= 0.3 is 0 Å². The Morgan fingerprint density at radius 2 is 1.95 bits per heavy atom. The van der Waals surface area contributed by atoms with Crippen LogP contribution in [0.5, 0.6) is 5.75 Å². The van der Waals surface area contributed by atoms with Crippen LogP contribution in [0.15, 0.2) is 42.5 Å². The zero-order chi connectivity index (χ0) is 13.9. The van der Waals surface area contributed by atoms with Crippen molar-refractivity contribution in [2.75, 3.05) is 13.1 Å². The van der Waals surface area contributed by atoms with Crippen LogP contribution >= 0.6 is 22.6 Å². The van der Waals surface area contributed by atoms with Crippen LogP contribution in [0.4, 0.5) is 0 Å². The molecule has 0 aromatic heterocycles. The molecule has 20 heavy (non-hydrogen) atoms. The van der Waals surface area contributed by atoms with E-state index in [9.17, 15) is 5.11 Å². The van der Waals surface area contributed by atoms with Crippen LogP contribution in [-0.2, 0) is 19.4 Å². The summed E-state index contributed by atoms with van der Waals surface area (Å²) in [5, 5.41) is 9.74. The lowest BCUT2D eigenvalue weighted by Gasteiger charge is -2.29. The fourth-order valence-corrected chi connectivity index (χ4v) is 3.75. The van der Waals surface area contributed by atoms with Crippen molar-refractivity contribution < 1.29 is 5.11 Å². The summed E-state index contributed by atoms with van der Waals surface area (Å²) in [6.07, 6.45) is 2.18. The molecule has 3 rings (SSSR count). The van der Waals surface area contributed by atoms with Gasteiger partial charge in [-0.3, -0.25) is 4.90 Å². The van der Waals surface area contributed by atoms with Crippen LogP contribution in [0.25, 0.3) is 0 Å². The summed E-state index contributed by atoms with van der Waals surface area (Å²) in [5.41, 5.74) is 4.09. The third-order valence-electron chi connectivity index (χ3n) is 3.90. The van der Waals surface area contributed by atoms with Gasteiger partial charge in [0.1, 0.15) is 5.75 Å². The number of phenolic OH excluding ortho intramolecular Hbond substituents is 1. The number of hydrogen-bond donors (Lipinski definition) is 1. The maximum absolute atomic E-state index is 9.74. The molecule has 3 heteroatoms. The third-order valence-corrected chi connectivity index (χ3v) is 4.87. The van der Waals surface area contributed by atoms with E-state index in [1.165, 1.54) is 20.3 Å². The Morgan fingerprint density at radius 1 is 1.15 bits per heavy atom. The van der Waals surface area contributed by atoms with Crippen LogP contribution in [0.3, 0.4) is 0 Å². The van der Waals surface area contributed by atoms with Crippen LogP contribution in [0.1, 0.15) is 16.7 Å². The lowest BCUT2D eigenvalue weighted by molar-refractivity contribution is 0.256. The summed E-state index contributed by atoms with van der Waals surface area (Å²) in [4.78, 5) is 2.48. The van der Waals surface area contributed by atoms with Crippen LogP contribution < -0.4 is 0 Å². The van der Waals surface area contributed by atoms with Gasteiger partial charge in [0.25, 0.3) is 0 Å². The van der Waals surface area contributed by atoms with Crippen LogP contribution in [-0.4, -0.2) is 23.1 Å². The largest absolute Gasteiger partial charge is 0.508 e. The molecule has 2 aromatic rings. The van der Waals surface area contributed by atoms with Crippen molar-refractivity contribution in [1.82, 2.24) is 4.90 Å². The molecular formula is C17H18INO. The van der Waals surface area contributed by atoms with Crippen molar-refractivity contribution >= 4 is 22.6 Å². The minimum atomic E-state index is 0.387. The highest BCUT2D eigenvalue weighted by molar-refractivity contribution is 14.1. The summed E-state index contributed by atoms with van der Waals surface area (Å²) in [6.45, 7) is 3.14. The number of hydrogen-bond acceptors (Lipinski definition) is 2. The lowest BCUT2D eigenvalue weighted by atomic mass is 9.99. The Balaban J connectivity index is 1.67. The molecular weight excluding hydrogens is 361 g/mol. The Bertz CT molecular complexity index is 597. The molecule has 0 spiro atoms. The lowest BCUT2D eigenvalue weighted by Crippen LogP contribution is -2.32. The highest BCUT2D eigenvalue weighted by Gasteiger charge is 2.18. The molecule has 0 radical (unpaired) electrons. The topological polar surface area (TPSA) is 23.5 Å². The predicted octanol–water partition coefficient (Wildman–Crippen LogP) is 3.60. The molecule has 0 saturated carbocycles. The maximum Gasteiger partial charge on any atom is 0.116 e. The third kappa shape index (κ3) is 3.15. The molecule has 1 aliphatic rings. The summed E-state index contributed by atoms with van der Waals surface area (Å²) in [7, 11) is 0. The monoisotopic (exact) mass is 379 g/mol. The van der Waals surface area contributed by atoms with Crippen LogP contribution in [0.2, 0.25) is 0 Å². The molecule has 0 fully saturated rings. The normalized spacial score (nSPS) is 15.1. The van der Waals surface area contributed by atoms with Gasteiger partial charge in [-0.05, 0) is 64.3 Å². The predicted molar refractivity (Wildman–Crippen MR) is 90.0 cm³/mol. The number of nitrogens with zero attached hydrogens (tertiary/aromatic N) is 1. The highest BCUT2D eigenvalue weighted by Crippen LogP contribution is 2.28. The van der Waals surface area contributed by atoms with Crippen molar-refractivity contribution in [2.45, 2.75) is 19.4 Å². The number of halogens is 1. The highest BCUT2D eigenvalue weighted by atomic mass is 127. The van der Waals surface area contributed by atoms with Gasteiger partial charge in [0.2, 0.25) is 0 Å². The smallest absolute Gasteiger partial charge is 0.116 e. The molecule has 0 unspecified atom stereocenters. The van der Waals surface area contributed by atoms with Gasteiger partial charge < -0.3 is 5.11 Å². The zero-order valence-electron chi connectivity index (χ0n) is 11.3. The molecule has 0 bridgehead atoms. The molecule has 0 atom stereocenters. The average Bonchev–Trinajstić information content (AvgIpc) is 2.45. The van der Waals surface area contributed by atoms with Crippen LogP contribution in [0, 0.1) is 3.57 Å². The van der Waals surface area contributed by atoms with Gasteiger partial charge in [0.05, 0.1) is 0 Å². The fraction of sp³-hybridized carbons (Fsp3) is 0.294. The zero-order valence-corrected chi connectivity index (χ0v) is 13.5. The van der Waals surface area contributed by atoms with Crippen molar-refractivity contribution in [3.63, 3.8) is 0 Å². The molecule has 0 amide bonds. The second-order valence-corrected chi connectivity index (χ2v) is 6.49. The van der Waals surface area contributed by atoms with Gasteiger partial charge in [-0.25, -0.2) is 0 Å². The van der Waals surface area contributed by atoms with Gasteiger partial charge in [-0.15, -0.1) is 0 Å². The van der Waals surface area contributed by atoms with E-state index in [1.807, 2.05) is 12.1 Å².